The first kappa shape index (κ1) is 84.2. The Morgan fingerprint density at radius 3 is 1.33 bits per heavy atom. The van der Waals surface area contributed by atoms with Crippen molar-refractivity contribution >= 4 is 57.1 Å². The molecule has 0 saturated carbocycles. The Bertz CT molecular complexity index is 7310. The number of halogens is 1. The molecule has 0 saturated heterocycles. The molecule has 1 amide bonds. The van der Waals surface area contributed by atoms with Gasteiger partial charge in [-0.05, 0) is 128 Å². The van der Waals surface area contributed by atoms with Crippen molar-refractivity contribution in [3.8, 4) is 97.2 Å². The van der Waals surface area contributed by atoms with Gasteiger partial charge in [0.15, 0.2) is 51.5 Å². The van der Waals surface area contributed by atoms with Crippen LogP contribution in [0.5, 0.6) is 23.0 Å². The summed E-state index contributed by atoms with van der Waals surface area (Å²) in [7, 11) is 3.95. The number of rotatable bonds is 20. The van der Waals surface area contributed by atoms with E-state index in [1.54, 1.807) is 79.1 Å². The molecule has 20 aromatic rings. The van der Waals surface area contributed by atoms with Crippen LogP contribution in [-0.4, -0.2) is 145 Å². The van der Waals surface area contributed by atoms with Crippen molar-refractivity contribution in [1.82, 2.24) is 114 Å². The van der Waals surface area contributed by atoms with Crippen LogP contribution in [0.4, 0.5) is 11.4 Å². The molecular weight excluding hydrogens is 1630 g/mol. The zero-order chi connectivity index (χ0) is 87.9. The fourth-order valence-corrected chi connectivity index (χ4v) is 13.1. The minimum atomic E-state index is -0.0844. The number of benzene rings is 7. The fraction of sp³-hybridized carbons (Fsp3) is 0.0938. The molecule has 31 nitrogen and oxygen atoms in total. The number of ether oxygens (including phenoxy) is 3. The van der Waals surface area contributed by atoms with Gasteiger partial charge in [0.05, 0.1) is 58.2 Å². The van der Waals surface area contributed by atoms with E-state index in [2.05, 4.69) is 93.2 Å². The van der Waals surface area contributed by atoms with Gasteiger partial charge in [0.1, 0.15) is 59.7 Å². The molecule has 20 rings (SSSR count). The summed E-state index contributed by atoms with van der Waals surface area (Å²) in [5.74, 6) is 10.6. The molecule has 628 valence electrons. The molecule has 0 unspecified atom stereocenters. The van der Waals surface area contributed by atoms with E-state index in [0.717, 1.165) is 101 Å². The van der Waals surface area contributed by atoms with Crippen molar-refractivity contribution in [3.05, 3.63) is 373 Å². The first-order valence-corrected chi connectivity index (χ1v) is 40.4. The van der Waals surface area contributed by atoms with Crippen LogP contribution in [0.2, 0.25) is 5.15 Å². The largest absolute Gasteiger partial charge is 0.506 e. The summed E-state index contributed by atoms with van der Waals surface area (Å²) in [5.41, 5.74) is 24.0. The van der Waals surface area contributed by atoms with E-state index in [1.165, 1.54) is 13.1 Å². The minimum absolute atomic E-state index is 0.0844. The monoisotopic (exact) mass is 1710 g/mol. The number of aromatic nitrogens is 22. The number of amides is 1. The minimum Gasteiger partial charge on any atom is -0.506 e. The van der Waals surface area contributed by atoms with Crippen molar-refractivity contribution < 1.29 is 24.1 Å². The number of carbonyl (C=O) groups is 1. The van der Waals surface area contributed by atoms with E-state index in [0.29, 0.717) is 87.6 Å². The number of phenolic OH excluding ortho intramolecular Hbond substituents is 1. The van der Waals surface area contributed by atoms with Gasteiger partial charge in [-0.15, -0.1) is 40.8 Å². The summed E-state index contributed by atoms with van der Waals surface area (Å²) in [5, 5.41) is 78.3. The van der Waals surface area contributed by atoms with E-state index >= 15 is 0 Å². The number of nitrogens with one attached hydrogen (secondary N) is 1. The summed E-state index contributed by atoms with van der Waals surface area (Å²) in [6.07, 6.45) is 9.56. The third-order valence-corrected chi connectivity index (χ3v) is 19.4. The number of pyridine rings is 3. The highest BCUT2D eigenvalue weighted by Crippen LogP contribution is 2.28. The SMILES string of the molecule is CC(=O)Nc1ccc(Cc2nnc3ccc(-c4ccccc4)nn23)cc1.CN(C)CC#Cc1cnccc1OCc1nnc2ccc(-c3ccccc3)nn12.Clc1cc(OCc2nnc3ccc(-c4ccccc4)nn23)ccn1.N#Cc1cc(OCc2nnc3ccc(-c4ccccc4)nn23)ccn1.Nc1cc(Cc2cnc3ccc(-c4ccccc4)nn23)ccc1O. The Kier molecular flexibility index (Phi) is 26.6. The fourth-order valence-electron chi connectivity index (χ4n) is 13.0. The average molecular weight is 1710 g/mol. The predicted octanol–water partition coefficient (Wildman–Crippen LogP) is 15.3. The number of nitrogens with zero attached hydrogens (tertiary/aromatic N) is 24. The van der Waals surface area contributed by atoms with Crippen LogP contribution >= 0.6 is 11.6 Å². The molecule has 0 fully saturated rings. The van der Waals surface area contributed by atoms with Crippen molar-refractivity contribution in [1.29, 1.82) is 5.26 Å². The van der Waals surface area contributed by atoms with E-state index in [-0.39, 0.29) is 31.5 Å². The normalized spacial score (nSPS) is 10.8. The highest BCUT2D eigenvalue weighted by molar-refractivity contribution is 6.29. The van der Waals surface area contributed by atoms with Crippen molar-refractivity contribution in [2.24, 2.45) is 0 Å². The van der Waals surface area contributed by atoms with Gasteiger partial charge < -0.3 is 30.4 Å². The summed E-state index contributed by atoms with van der Waals surface area (Å²) < 4.78 is 26.1. The lowest BCUT2D eigenvalue weighted by atomic mass is 10.1. The Balaban J connectivity index is 0.000000118. The smallest absolute Gasteiger partial charge is 0.221 e. The molecule has 13 aromatic heterocycles. The molecule has 32 heteroatoms. The second-order valence-corrected chi connectivity index (χ2v) is 29.1. The number of fused-ring (bicyclic) bond motifs is 5. The number of aromatic hydroxyl groups is 1. The highest BCUT2D eigenvalue weighted by atomic mass is 35.5. The molecule has 0 aliphatic heterocycles. The highest BCUT2D eigenvalue weighted by Gasteiger charge is 2.18. The van der Waals surface area contributed by atoms with Crippen LogP contribution in [0.1, 0.15) is 58.3 Å². The van der Waals surface area contributed by atoms with Gasteiger partial charge >= 0.3 is 0 Å². The van der Waals surface area contributed by atoms with Gasteiger partial charge in [0.25, 0.3) is 0 Å². The Morgan fingerprint density at radius 2 is 0.875 bits per heavy atom. The molecule has 7 aromatic carbocycles. The molecule has 0 atom stereocenters. The Labute approximate surface area is 737 Å². The van der Waals surface area contributed by atoms with Crippen molar-refractivity contribution in [3.63, 3.8) is 0 Å². The molecular formula is C96H77ClN26O5. The lowest BCUT2D eigenvalue weighted by molar-refractivity contribution is -0.114. The number of nitriles is 1. The standard InChI is InChI=1S/C22H20N6O.C20H17N5O.C19H16N4O.C18H12N6O.C17H12ClN5O/c1-27(2)14-6-9-18-15-23-13-12-20(18)29-16-22-25-24-21-11-10-19(26-28(21)22)17-7-4-3-5-8-17;1-14(26)21-17-9-7-15(8-10-17)13-20-23-22-19-12-11-18(24-25(19)20)16-5-3-2-4-6-16;20-16-11-13(6-8-18(16)24)10-15-12-21-19-9-7-17(22-23(15)19)14-4-2-1-3-5-14;19-11-14-10-15(8-9-20-14)25-12-18-22-21-17-7-6-16(23-24(17)18)13-4-2-1-3-5-13;18-15-10-13(8-9-19-15)24-11-17-21-20-16-7-6-14(22-23(16)17)12-4-2-1-3-5-12/h3-5,7-8,10-13,15H,14,16H2,1-2H3;2-12H,13H2,1H3,(H,21,26);1-9,11-12,24H,10,20H2;1-10H,12H2;1-10H,11H2. The maximum Gasteiger partial charge on any atom is 0.221 e. The Morgan fingerprint density at radius 1 is 0.445 bits per heavy atom. The average Bonchev–Trinajstić information content (AvgIpc) is 1.66. The molecule has 0 aliphatic carbocycles. The second kappa shape index (κ2) is 40.5. The number of nitrogens with two attached hydrogens (primary N) is 1. The lowest BCUT2D eigenvalue weighted by Crippen LogP contribution is -2.10. The predicted molar refractivity (Wildman–Crippen MR) is 483 cm³/mol. The van der Waals surface area contributed by atoms with Crippen LogP contribution < -0.4 is 25.3 Å². The summed E-state index contributed by atoms with van der Waals surface area (Å²) in [4.78, 5) is 29.5. The Hall–Kier alpha value is -17.4. The van der Waals surface area contributed by atoms with E-state index in [4.69, 9.17) is 47.0 Å². The molecule has 128 heavy (non-hydrogen) atoms. The quantitative estimate of drug-likeness (QED) is 0.0276. The molecule has 0 radical (unpaired) electrons. The number of anilines is 2. The zero-order valence-corrected chi connectivity index (χ0v) is 69.8. The number of phenols is 1. The number of hydrogen-bond donors (Lipinski definition) is 3. The topological polar surface area (TPSA) is 371 Å². The van der Waals surface area contributed by atoms with E-state index in [1.807, 2.05) is 278 Å². The lowest BCUT2D eigenvalue weighted by Gasteiger charge is -2.07. The molecule has 0 spiro atoms. The van der Waals surface area contributed by atoms with Crippen molar-refractivity contribution in [2.75, 3.05) is 31.7 Å². The number of carbonyl (C=O) groups excluding carboxylic acids is 1. The third-order valence-electron chi connectivity index (χ3n) is 19.2. The van der Waals surface area contributed by atoms with Crippen LogP contribution in [0.25, 0.3) is 84.5 Å². The maximum atomic E-state index is 11.1. The summed E-state index contributed by atoms with van der Waals surface area (Å²) in [6, 6.07) is 92.4. The van der Waals surface area contributed by atoms with Crippen LogP contribution in [0, 0.1) is 23.2 Å². The van der Waals surface area contributed by atoms with E-state index in [9.17, 15) is 9.90 Å². The molecule has 0 bridgehead atoms. The first-order valence-electron chi connectivity index (χ1n) is 40.1. The van der Waals surface area contributed by atoms with Gasteiger partial charge in [0, 0.05) is 90.2 Å². The van der Waals surface area contributed by atoms with Crippen LogP contribution in [-0.2, 0) is 37.5 Å². The van der Waals surface area contributed by atoms with Gasteiger partial charge in [-0.3, -0.25) is 14.7 Å². The molecule has 13 heterocycles. The summed E-state index contributed by atoms with van der Waals surface area (Å²) >= 11 is 5.85. The molecule has 0 aliphatic rings. The van der Waals surface area contributed by atoms with Crippen LogP contribution in [0.3, 0.4) is 0 Å². The third kappa shape index (κ3) is 21.5. The van der Waals surface area contributed by atoms with Crippen molar-refractivity contribution in [2.45, 2.75) is 39.6 Å². The van der Waals surface area contributed by atoms with Crippen LogP contribution in [0.15, 0.2) is 316 Å². The van der Waals surface area contributed by atoms with Gasteiger partial charge in [0.2, 0.25) is 5.91 Å². The van der Waals surface area contributed by atoms with Gasteiger partial charge in [-0.1, -0.05) is 193 Å². The number of hydrogen-bond acceptors (Lipinski definition) is 25. The maximum absolute atomic E-state index is 11.1. The number of nitrogen functional groups attached to an aromatic ring is 1. The number of imidazole rings is 1. The second-order valence-electron chi connectivity index (χ2n) is 28.7. The van der Waals surface area contributed by atoms with Gasteiger partial charge in [-0.25, -0.2) is 19.5 Å². The first-order chi connectivity index (χ1) is 62.7. The van der Waals surface area contributed by atoms with Gasteiger partial charge in [-0.2, -0.15) is 48.8 Å². The van der Waals surface area contributed by atoms with E-state index < -0.39 is 0 Å². The summed E-state index contributed by atoms with van der Waals surface area (Å²) in [6.45, 7) is 2.79. The molecule has 4 N–H and O–H groups in total. The zero-order valence-electron chi connectivity index (χ0n) is 69.0.